The number of Topliss-reactive ketones (excluding diaryl/α,β-unsaturated/α-hetero) is 1. The van der Waals surface area contributed by atoms with E-state index in [1.165, 1.54) is 6.07 Å². The summed E-state index contributed by atoms with van der Waals surface area (Å²) in [7, 11) is 0. The van der Waals surface area contributed by atoms with Crippen LogP contribution in [-0.2, 0) is 16.6 Å². The van der Waals surface area contributed by atoms with Crippen molar-refractivity contribution in [1.82, 2.24) is 10.2 Å². The Morgan fingerprint density at radius 2 is 2.29 bits per heavy atom. The lowest BCUT2D eigenvalue weighted by Gasteiger charge is -2.50. The van der Waals surface area contributed by atoms with Gasteiger partial charge in [-0.2, -0.15) is 5.10 Å². The number of carbonyl (C=O) groups is 1. The zero-order valence-electron chi connectivity index (χ0n) is 13.4. The average molecular weight is 326 g/mol. The van der Waals surface area contributed by atoms with E-state index in [0.717, 1.165) is 35.9 Å². The first-order valence-electron chi connectivity index (χ1n) is 8.24. The van der Waals surface area contributed by atoms with Crippen LogP contribution in [0.4, 0.5) is 4.39 Å². The van der Waals surface area contributed by atoms with Crippen molar-refractivity contribution in [1.29, 1.82) is 0 Å². The van der Waals surface area contributed by atoms with Crippen LogP contribution >= 0.6 is 0 Å². The number of aromatic nitrogens is 2. The minimum Gasteiger partial charge on any atom is -0.515 e. The fraction of sp³-hybridized carbons (Fsp3) is 0.368. The molecule has 1 aromatic heterocycles. The van der Waals surface area contributed by atoms with Crippen molar-refractivity contribution < 1.29 is 14.3 Å². The SMILES string of the molecule is C[C@@H]1C(=O)/C(=C\O)C[C@]2(c3cccc(F)c3)c3[nH]ncc3CC[C@@H]12. The van der Waals surface area contributed by atoms with Gasteiger partial charge in [-0.1, -0.05) is 19.1 Å². The number of aryl methyl sites for hydroxylation is 1. The summed E-state index contributed by atoms with van der Waals surface area (Å²) >= 11 is 0. The van der Waals surface area contributed by atoms with Crippen molar-refractivity contribution in [2.75, 3.05) is 0 Å². The van der Waals surface area contributed by atoms with Crippen molar-refractivity contribution in [3.63, 3.8) is 0 Å². The summed E-state index contributed by atoms with van der Waals surface area (Å²) in [6.45, 7) is 1.91. The van der Waals surface area contributed by atoms with Crippen molar-refractivity contribution in [2.24, 2.45) is 11.8 Å². The normalized spacial score (nSPS) is 30.9. The fourth-order valence-corrected chi connectivity index (χ4v) is 4.72. The first kappa shape index (κ1) is 15.1. The van der Waals surface area contributed by atoms with Crippen LogP contribution in [0, 0.1) is 17.7 Å². The van der Waals surface area contributed by atoms with E-state index >= 15 is 0 Å². The van der Waals surface area contributed by atoms with Gasteiger partial charge in [-0.05, 0) is 48.4 Å². The molecule has 1 fully saturated rings. The first-order chi connectivity index (χ1) is 11.6. The lowest BCUT2D eigenvalue weighted by Crippen LogP contribution is -2.50. The molecule has 0 spiro atoms. The van der Waals surface area contributed by atoms with Gasteiger partial charge in [0.25, 0.3) is 0 Å². The number of aromatic amines is 1. The monoisotopic (exact) mass is 326 g/mol. The molecule has 0 bridgehead atoms. The Labute approximate surface area is 139 Å². The van der Waals surface area contributed by atoms with Crippen LogP contribution in [0.5, 0.6) is 0 Å². The van der Waals surface area contributed by atoms with Crippen molar-refractivity contribution in [2.45, 2.75) is 31.6 Å². The van der Waals surface area contributed by atoms with Crippen LogP contribution in [-0.4, -0.2) is 21.1 Å². The number of ketones is 1. The summed E-state index contributed by atoms with van der Waals surface area (Å²) in [4.78, 5) is 12.6. The van der Waals surface area contributed by atoms with Crippen molar-refractivity contribution >= 4 is 5.78 Å². The van der Waals surface area contributed by atoms with Crippen LogP contribution in [0.3, 0.4) is 0 Å². The molecule has 0 radical (unpaired) electrons. The van der Waals surface area contributed by atoms with E-state index in [2.05, 4.69) is 10.2 Å². The molecule has 5 heteroatoms. The fourth-order valence-electron chi connectivity index (χ4n) is 4.72. The third kappa shape index (κ3) is 1.90. The van der Waals surface area contributed by atoms with Gasteiger partial charge in [0.1, 0.15) is 5.82 Å². The molecule has 2 aliphatic rings. The predicted octanol–water partition coefficient (Wildman–Crippen LogP) is 3.45. The van der Waals surface area contributed by atoms with Gasteiger partial charge in [0.05, 0.1) is 12.5 Å². The Morgan fingerprint density at radius 1 is 1.46 bits per heavy atom. The molecule has 1 saturated carbocycles. The molecule has 1 heterocycles. The number of nitrogens with zero attached hydrogens (tertiary/aromatic N) is 1. The summed E-state index contributed by atoms with van der Waals surface area (Å²) in [5.41, 5.74) is 2.72. The lowest BCUT2D eigenvalue weighted by molar-refractivity contribution is -0.123. The maximum atomic E-state index is 14.0. The highest BCUT2D eigenvalue weighted by Crippen LogP contribution is 2.55. The number of halogens is 1. The average Bonchev–Trinajstić information content (AvgIpc) is 3.07. The minimum absolute atomic E-state index is 0.0162. The summed E-state index contributed by atoms with van der Waals surface area (Å²) < 4.78 is 14.0. The number of hydrogen-bond donors (Lipinski definition) is 2. The van der Waals surface area contributed by atoms with Gasteiger partial charge in [0, 0.05) is 22.6 Å². The highest BCUT2D eigenvalue weighted by atomic mass is 19.1. The Hall–Kier alpha value is -2.43. The van der Waals surface area contributed by atoms with Gasteiger partial charge in [0.2, 0.25) is 0 Å². The van der Waals surface area contributed by atoms with E-state index < -0.39 is 5.41 Å². The second-order valence-electron chi connectivity index (χ2n) is 6.88. The highest BCUT2D eigenvalue weighted by molar-refractivity contribution is 5.98. The number of aliphatic hydroxyl groups is 1. The number of benzene rings is 1. The van der Waals surface area contributed by atoms with Gasteiger partial charge in [0.15, 0.2) is 5.78 Å². The molecule has 4 rings (SSSR count). The van der Waals surface area contributed by atoms with E-state index in [0.29, 0.717) is 12.0 Å². The molecule has 2 N–H and O–H groups in total. The smallest absolute Gasteiger partial charge is 0.165 e. The van der Waals surface area contributed by atoms with E-state index in [1.807, 2.05) is 19.2 Å². The zero-order chi connectivity index (χ0) is 16.9. The Bertz CT molecular complexity index is 841. The standard InChI is InChI=1S/C19H19FN2O2/c1-11-16-6-5-12-9-21-22-18(12)19(16,8-13(10-23)17(11)24)14-3-2-4-15(20)7-14/h2-4,7,9-11,16,23H,5-6,8H2,1H3,(H,21,22)/b13-10-/t11-,16-,19+/m0/s1. The summed E-state index contributed by atoms with van der Waals surface area (Å²) in [5, 5.41) is 16.9. The second kappa shape index (κ2) is 5.30. The van der Waals surface area contributed by atoms with E-state index in [1.54, 1.807) is 12.1 Å². The van der Waals surface area contributed by atoms with Gasteiger partial charge in [-0.3, -0.25) is 9.89 Å². The van der Waals surface area contributed by atoms with Crippen LogP contribution in [0.2, 0.25) is 0 Å². The van der Waals surface area contributed by atoms with Crippen molar-refractivity contribution in [3.8, 4) is 0 Å². The first-order valence-corrected chi connectivity index (χ1v) is 8.24. The maximum Gasteiger partial charge on any atom is 0.165 e. The molecule has 2 aromatic rings. The molecule has 2 aliphatic carbocycles. The molecule has 0 amide bonds. The number of hydrogen-bond acceptors (Lipinski definition) is 3. The molecule has 24 heavy (non-hydrogen) atoms. The number of fused-ring (bicyclic) bond motifs is 3. The predicted molar refractivity (Wildman–Crippen MR) is 87.1 cm³/mol. The van der Waals surface area contributed by atoms with Gasteiger partial charge in [-0.15, -0.1) is 0 Å². The molecule has 0 unspecified atom stereocenters. The van der Waals surface area contributed by atoms with Crippen LogP contribution in [0.15, 0.2) is 42.3 Å². The van der Waals surface area contributed by atoms with Gasteiger partial charge < -0.3 is 5.11 Å². The number of H-pyrrole nitrogens is 1. The summed E-state index contributed by atoms with van der Waals surface area (Å²) in [5.74, 6) is -0.510. The molecule has 0 saturated heterocycles. The number of carbonyl (C=O) groups excluding carboxylic acids is 1. The van der Waals surface area contributed by atoms with Crippen LogP contribution in [0.1, 0.15) is 36.6 Å². The summed E-state index contributed by atoms with van der Waals surface area (Å²) in [6.07, 6.45) is 4.78. The molecule has 124 valence electrons. The topological polar surface area (TPSA) is 66.0 Å². The second-order valence-corrected chi connectivity index (χ2v) is 6.88. The Morgan fingerprint density at radius 3 is 3.04 bits per heavy atom. The lowest BCUT2D eigenvalue weighted by atomic mass is 9.52. The quantitative estimate of drug-likeness (QED) is 0.623. The Balaban J connectivity index is 2.01. The number of nitrogens with one attached hydrogen (secondary N) is 1. The van der Waals surface area contributed by atoms with Gasteiger partial charge >= 0.3 is 0 Å². The largest absolute Gasteiger partial charge is 0.515 e. The Kier molecular flexibility index (Phi) is 3.34. The van der Waals surface area contributed by atoms with E-state index in [-0.39, 0.29) is 23.4 Å². The van der Waals surface area contributed by atoms with Gasteiger partial charge in [-0.25, -0.2) is 4.39 Å². The number of allylic oxidation sites excluding steroid dienone is 1. The third-order valence-electron chi connectivity index (χ3n) is 5.82. The summed E-state index contributed by atoms with van der Waals surface area (Å²) in [6, 6.07) is 6.57. The highest BCUT2D eigenvalue weighted by Gasteiger charge is 2.54. The minimum atomic E-state index is -0.561. The molecule has 3 atom stereocenters. The third-order valence-corrected chi connectivity index (χ3v) is 5.82. The molecule has 0 aliphatic heterocycles. The van der Waals surface area contributed by atoms with Crippen LogP contribution < -0.4 is 0 Å². The molecule has 4 nitrogen and oxygen atoms in total. The molecular formula is C19H19FN2O2. The van der Waals surface area contributed by atoms with Crippen molar-refractivity contribution in [3.05, 3.63) is 64.9 Å². The molecule has 1 aromatic carbocycles. The van der Waals surface area contributed by atoms with E-state index in [9.17, 15) is 14.3 Å². The van der Waals surface area contributed by atoms with E-state index in [4.69, 9.17) is 0 Å². The van der Waals surface area contributed by atoms with Crippen LogP contribution in [0.25, 0.3) is 0 Å². The molecular weight excluding hydrogens is 307 g/mol. The number of rotatable bonds is 1. The maximum absolute atomic E-state index is 14.0. The number of aliphatic hydroxyl groups excluding tert-OH is 1. The zero-order valence-corrected chi connectivity index (χ0v) is 13.4.